The topological polar surface area (TPSA) is 52.7 Å². The Bertz CT molecular complexity index is 629. The lowest BCUT2D eigenvalue weighted by molar-refractivity contribution is -0.126. The molecular weight excluding hydrogens is 382 g/mol. The van der Waals surface area contributed by atoms with Crippen molar-refractivity contribution in [2.75, 3.05) is 37.6 Å². The van der Waals surface area contributed by atoms with Gasteiger partial charge in [0, 0.05) is 30.5 Å². The maximum absolute atomic E-state index is 12.4. The minimum atomic E-state index is -0.263. The summed E-state index contributed by atoms with van der Waals surface area (Å²) in [6, 6.07) is 7.63. The fraction of sp³-hybridized carbons (Fsp3) is 0.579. The molecule has 136 valence electrons. The molecule has 6 heteroatoms. The third-order valence-corrected chi connectivity index (χ3v) is 5.91. The van der Waals surface area contributed by atoms with Gasteiger partial charge >= 0.3 is 0 Å². The lowest BCUT2D eigenvalue weighted by atomic mass is 9.99. The standard InChI is InChI=1S/C19H26BrN3O2/c1-14-6-9-22(10-7-14)11-8-21-19(25)15-12-18(24)23(13-15)17-5-3-2-4-16(17)20/h2-5,14-15H,6-13H2,1H3,(H,21,25). The van der Waals surface area contributed by atoms with Crippen LogP contribution in [0.15, 0.2) is 28.7 Å². The summed E-state index contributed by atoms with van der Waals surface area (Å²) in [6.45, 7) is 6.55. The minimum absolute atomic E-state index is 0.00622. The van der Waals surface area contributed by atoms with Crippen molar-refractivity contribution in [3.63, 3.8) is 0 Å². The quantitative estimate of drug-likeness (QED) is 0.815. The van der Waals surface area contributed by atoms with E-state index in [1.807, 2.05) is 24.3 Å². The first kappa shape index (κ1) is 18.4. The Morgan fingerprint density at radius 3 is 2.72 bits per heavy atom. The molecule has 2 aliphatic rings. The average Bonchev–Trinajstić information content (AvgIpc) is 2.99. The molecule has 0 radical (unpaired) electrons. The number of carbonyl (C=O) groups excluding carboxylic acids is 2. The number of para-hydroxylation sites is 1. The zero-order valence-electron chi connectivity index (χ0n) is 14.7. The van der Waals surface area contributed by atoms with E-state index in [0.717, 1.165) is 35.7 Å². The highest BCUT2D eigenvalue weighted by Crippen LogP contribution is 2.31. The number of hydrogen-bond donors (Lipinski definition) is 1. The van der Waals surface area contributed by atoms with Gasteiger partial charge < -0.3 is 15.1 Å². The predicted molar refractivity (Wildman–Crippen MR) is 102 cm³/mol. The second kappa shape index (κ2) is 8.32. The maximum atomic E-state index is 12.4. The van der Waals surface area contributed by atoms with Crippen molar-refractivity contribution in [1.82, 2.24) is 10.2 Å². The number of nitrogens with zero attached hydrogens (tertiary/aromatic N) is 2. The molecule has 1 N–H and O–H groups in total. The normalized spacial score (nSPS) is 22.4. The van der Waals surface area contributed by atoms with Gasteiger partial charge in [-0.05, 0) is 59.9 Å². The summed E-state index contributed by atoms with van der Waals surface area (Å²) in [5, 5.41) is 3.02. The lowest BCUT2D eigenvalue weighted by Crippen LogP contribution is -2.41. The van der Waals surface area contributed by atoms with Crippen LogP contribution >= 0.6 is 15.9 Å². The number of hydrogen-bond acceptors (Lipinski definition) is 3. The van der Waals surface area contributed by atoms with E-state index in [9.17, 15) is 9.59 Å². The highest BCUT2D eigenvalue weighted by molar-refractivity contribution is 9.10. The van der Waals surface area contributed by atoms with Gasteiger partial charge in [0.15, 0.2) is 0 Å². The predicted octanol–water partition coefficient (Wildman–Crippen LogP) is 2.65. The SMILES string of the molecule is CC1CCN(CCNC(=O)C2CC(=O)N(c3ccccc3Br)C2)CC1. The zero-order valence-corrected chi connectivity index (χ0v) is 16.3. The van der Waals surface area contributed by atoms with Crippen LogP contribution in [0, 0.1) is 11.8 Å². The Morgan fingerprint density at radius 1 is 1.28 bits per heavy atom. The van der Waals surface area contributed by atoms with Crippen LogP contribution in [0.1, 0.15) is 26.2 Å². The van der Waals surface area contributed by atoms with E-state index in [4.69, 9.17) is 0 Å². The molecule has 0 aromatic heterocycles. The summed E-state index contributed by atoms with van der Waals surface area (Å²) < 4.78 is 0.878. The number of carbonyl (C=O) groups is 2. The Morgan fingerprint density at radius 2 is 2.00 bits per heavy atom. The second-order valence-electron chi connectivity index (χ2n) is 7.17. The van der Waals surface area contributed by atoms with Gasteiger partial charge in [-0.2, -0.15) is 0 Å². The third-order valence-electron chi connectivity index (χ3n) is 5.24. The molecule has 0 aliphatic carbocycles. The van der Waals surface area contributed by atoms with Crippen LogP contribution in [-0.4, -0.2) is 49.4 Å². The van der Waals surface area contributed by atoms with Crippen LogP contribution in [0.25, 0.3) is 0 Å². The van der Waals surface area contributed by atoms with Crippen LogP contribution < -0.4 is 10.2 Å². The number of likely N-dealkylation sites (tertiary alicyclic amines) is 1. The molecule has 1 aromatic carbocycles. The van der Waals surface area contributed by atoms with Crippen molar-refractivity contribution >= 4 is 33.4 Å². The maximum Gasteiger partial charge on any atom is 0.227 e. The van der Waals surface area contributed by atoms with Crippen molar-refractivity contribution in [3.05, 3.63) is 28.7 Å². The van der Waals surface area contributed by atoms with Crippen LogP contribution in [0.4, 0.5) is 5.69 Å². The van der Waals surface area contributed by atoms with E-state index < -0.39 is 0 Å². The number of amides is 2. The van der Waals surface area contributed by atoms with Gasteiger partial charge in [0.25, 0.3) is 0 Å². The number of halogens is 1. The molecule has 2 aliphatic heterocycles. The van der Waals surface area contributed by atoms with E-state index in [2.05, 4.69) is 33.1 Å². The molecule has 2 saturated heterocycles. The van der Waals surface area contributed by atoms with Crippen LogP contribution in [0.5, 0.6) is 0 Å². The summed E-state index contributed by atoms with van der Waals surface area (Å²) in [7, 11) is 0. The van der Waals surface area contributed by atoms with Crippen LogP contribution in [-0.2, 0) is 9.59 Å². The summed E-state index contributed by atoms with van der Waals surface area (Å²) in [4.78, 5) is 28.9. The molecule has 0 spiro atoms. The molecule has 25 heavy (non-hydrogen) atoms. The zero-order chi connectivity index (χ0) is 17.8. The molecular formula is C19H26BrN3O2. The van der Waals surface area contributed by atoms with Gasteiger partial charge in [0.2, 0.25) is 11.8 Å². The molecule has 2 amide bonds. The number of piperidine rings is 1. The molecule has 0 bridgehead atoms. The van der Waals surface area contributed by atoms with Gasteiger partial charge in [-0.1, -0.05) is 19.1 Å². The van der Waals surface area contributed by atoms with Crippen molar-refractivity contribution in [3.8, 4) is 0 Å². The van der Waals surface area contributed by atoms with Gasteiger partial charge in [0.1, 0.15) is 0 Å². The van der Waals surface area contributed by atoms with Crippen molar-refractivity contribution < 1.29 is 9.59 Å². The molecule has 2 heterocycles. The Labute approximate surface area is 157 Å². The van der Waals surface area contributed by atoms with E-state index in [1.54, 1.807) is 4.90 Å². The van der Waals surface area contributed by atoms with Crippen molar-refractivity contribution in [1.29, 1.82) is 0 Å². The molecule has 2 fully saturated rings. The number of anilines is 1. The highest BCUT2D eigenvalue weighted by atomic mass is 79.9. The monoisotopic (exact) mass is 407 g/mol. The fourth-order valence-corrected chi connectivity index (χ4v) is 4.05. The molecule has 5 nitrogen and oxygen atoms in total. The fourth-order valence-electron chi connectivity index (χ4n) is 3.55. The number of benzene rings is 1. The Hall–Kier alpha value is -1.40. The molecule has 1 aromatic rings. The second-order valence-corrected chi connectivity index (χ2v) is 8.03. The summed E-state index contributed by atoms with van der Waals surface area (Å²) in [5.74, 6) is 0.560. The van der Waals surface area contributed by atoms with E-state index in [1.165, 1.54) is 12.8 Å². The van der Waals surface area contributed by atoms with Gasteiger partial charge in [-0.3, -0.25) is 9.59 Å². The molecule has 0 saturated carbocycles. The summed E-state index contributed by atoms with van der Waals surface area (Å²) in [5.41, 5.74) is 0.838. The van der Waals surface area contributed by atoms with Gasteiger partial charge in [0.05, 0.1) is 11.6 Å². The molecule has 3 rings (SSSR count). The number of nitrogens with one attached hydrogen (secondary N) is 1. The number of rotatable bonds is 5. The van der Waals surface area contributed by atoms with Crippen molar-refractivity contribution in [2.24, 2.45) is 11.8 Å². The Kier molecular flexibility index (Phi) is 6.12. The lowest BCUT2D eigenvalue weighted by Gasteiger charge is -2.30. The molecule has 1 unspecified atom stereocenters. The van der Waals surface area contributed by atoms with Crippen LogP contribution in [0.3, 0.4) is 0 Å². The minimum Gasteiger partial charge on any atom is -0.355 e. The first-order valence-electron chi connectivity index (χ1n) is 9.09. The average molecular weight is 408 g/mol. The van der Waals surface area contributed by atoms with E-state index >= 15 is 0 Å². The summed E-state index contributed by atoms with van der Waals surface area (Å²) >= 11 is 3.48. The highest BCUT2D eigenvalue weighted by Gasteiger charge is 2.35. The smallest absolute Gasteiger partial charge is 0.227 e. The van der Waals surface area contributed by atoms with E-state index in [-0.39, 0.29) is 24.2 Å². The van der Waals surface area contributed by atoms with Gasteiger partial charge in [-0.25, -0.2) is 0 Å². The third kappa shape index (κ3) is 4.61. The Balaban J connectivity index is 1.47. The molecule has 1 atom stereocenters. The summed E-state index contributed by atoms with van der Waals surface area (Å²) in [6.07, 6.45) is 2.77. The first-order valence-corrected chi connectivity index (χ1v) is 9.89. The van der Waals surface area contributed by atoms with E-state index in [0.29, 0.717) is 13.1 Å². The van der Waals surface area contributed by atoms with Gasteiger partial charge in [-0.15, -0.1) is 0 Å². The van der Waals surface area contributed by atoms with Crippen LogP contribution in [0.2, 0.25) is 0 Å². The largest absolute Gasteiger partial charge is 0.355 e. The van der Waals surface area contributed by atoms with Crippen molar-refractivity contribution in [2.45, 2.75) is 26.2 Å². The first-order chi connectivity index (χ1) is 12.0.